The summed E-state index contributed by atoms with van der Waals surface area (Å²) >= 11 is 0.874. The van der Waals surface area contributed by atoms with Gasteiger partial charge in [0.25, 0.3) is 10.0 Å². The van der Waals surface area contributed by atoms with Gasteiger partial charge in [-0.05, 0) is 29.2 Å². The van der Waals surface area contributed by atoms with E-state index in [-0.39, 0.29) is 42.7 Å². The Morgan fingerprint density at radius 3 is 2.38 bits per heavy atom. The van der Waals surface area contributed by atoms with E-state index in [4.69, 9.17) is 5.11 Å². The molecule has 2 N–H and O–H groups in total. The summed E-state index contributed by atoms with van der Waals surface area (Å²) in [5, 5.41) is 11.8. The number of amides is 2. The molecule has 0 bridgehead atoms. The number of sulfonamides is 1. The van der Waals surface area contributed by atoms with Gasteiger partial charge in [-0.25, -0.2) is 8.42 Å². The maximum Gasteiger partial charge on any atom is 0.308 e. The highest BCUT2D eigenvalue weighted by molar-refractivity contribution is 7.91. The van der Waals surface area contributed by atoms with Gasteiger partial charge in [0.1, 0.15) is 10.3 Å². The van der Waals surface area contributed by atoms with Gasteiger partial charge in [0.05, 0.1) is 6.42 Å². The van der Waals surface area contributed by atoms with Crippen LogP contribution in [0.5, 0.6) is 0 Å². The quantitative estimate of drug-likeness (QED) is 0.564. The monoisotopic (exact) mass is 507 g/mol. The van der Waals surface area contributed by atoms with Crippen LogP contribution in [0.25, 0.3) is 0 Å². The van der Waals surface area contributed by atoms with Crippen molar-refractivity contribution in [3.63, 3.8) is 0 Å². The lowest BCUT2D eigenvalue weighted by Gasteiger charge is -2.39. The molecule has 184 valence electrons. The molecule has 9 nitrogen and oxygen atoms in total. The first kappa shape index (κ1) is 25.9. The molecule has 0 unspecified atom stereocenters. The Morgan fingerprint density at radius 2 is 1.79 bits per heavy atom. The van der Waals surface area contributed by atoms with Crippen LogP contribution >= 0.6 is 11.3 Å². The standard InChI is InChI=1S/C23H29N3O6S2/c1-15(2)18-6-4-17(5-7-18)13-24-23(30)20-14-25(16(3)27)10-11-26(20)34(31,32)22-9-8-19(33-22)12-21(28)29/h4-9,15,20H,10-14H2,1-3H3,(H,24,30)(H,28,29)/t20-/m1/s1. The van der Waals surface area contributed by atoms with E-state index in [9.17, 15) is 22.8 Å². The Kier molecular flexibility index (Phi) is 8.11. The van der Waals surface area contributed by atoms with Gasteiger partial charge in [0.15, 0.2) is 0 Å². The number of hydrogen-bond acceptors (Lipinski definition) is 6. The third-order valence-corrected chi connectivity index (χ3v) is 9.18. The number of aliphatic carboxylic acids is 1. The van der Waals surface area contributed by atoms with E-state index in [1.54, 1.807) is 0 Å². The molecular weight excluding hydrogens is 478 g/mol. The SMILES string of the molecule is CC(=O)N1CCN(S(=O)(=O)c2ccc(CC(=O)O)s2)[C@@H](C(=O)NCc2ccc(C(C)C)cc2)C1. The molecule has 3 rings (SSSR count). The molecule has 1 aliphatic rings. The van der Waals surface area contributed by atoms with Crippen molar-refractivity contribution in [3.05, 3.63) is 52.4 Å². The largest absolute Gasteiger partial charge is 0.481 e. The van der Waals surface area contributed by atoms with E-state index in [1.807, 2.05) is 24.3 Å². The van der Waals surface area contributed by atoms with Gasteiger partial charge in [0.2, 0.25) is 11.8 Å². The van der Waals surface area contributed by atoms with Crippen LogP contribution in [-0.4, -0.2) is 66.2 Å². The average Bonchev–Trinajstić information content (AvgIpc) is 3.26. The van der Waals surface area contributed by atoms with Gasteiger partial charge in [-0.3, -0.25) is 14.4 Å². The summed E-state index contributed by atoms with van der Waals surface area (Å²) < 4.78 is 27.8. The lowest BCUT2D eigenvalue weighted by Crippen LogP contribution is -2.61. The van der Waals surface area contributed by atoms with Crippen molar-refractivity contribution in [2.45, 2.75) is 49.9 Å². The van der Waals surface area contributed by atoms with E-state index in [0.717, 1.165) is 21.2 Å². The van der Waals surface area contributed by atoms with Gasteiger partial charge in [-0.15, -0.1) is 11.3 Å². The summed E-state index contributed by atoms with van der Waals surface area (Å²) in [6.07, 6.45) is -0.280. The molecule has 2 aromatic rings. The second-order valence-electron chi connectivity index (χ2n) is 8.50. The van der Waals surface area contributed by atoms with Crippen LogP contribution in [0.2, 0.25) is 0 Å². The molecule has 2 heterocycles. The Hall–Kier alpha value is -2.76. The minimum Gasteiger partial charge on any atom is -0.481 e. The second kappa shape index (κ2) is 10.7. The highest BCUT2D eigenvalue weighted by Crippen LogP contribution is 2.28. The molecule has 34 heavy (non-hydrogen) atoms. The highest BCUT2D eigenvalue weighted by Gasteiger charge is 2.41. The van der Waals surface area contributed by atoms with Crippen molar-refractivity contribution < 1.29 is 27.9 Å². The van der Waals surface area contributed by atoms with Gasteiger partial charge < -0.3 is 15.3 Å². The number of carboxylic acids is 1. The van der Waals surface area contributed by atoms with Crippen molar-refractivity contribution >= 4 is 39.1 Å². The lowest BCUT2D eigenvalue weighted by molar-refractivity contribution is -0.136. The van der Waals surface area contributed by atoms with E-state index in [1.165, 1.54) is 29.5 Å². The lowest BCUT2D eigenvalue weighted by atomic mass is 10.0. The smallest absolute Gasteiger partial charge is 0.308 e. The van der Waals surface area contributed by atoms with Crippen molar-refractivity contribution in [2.24, 2.45) is 0 Å². The predicted octanol–water partition coefficient (Wildman–Crippen LogP) is 2.04. The molecule has 1 aromatic heterocycles. The fraction of sp³-hybridized carbons (Fsp3) is 0.435. The molecular formula is C23H29N3O6S2. The molecule has 0 radical (unpaired) electrons. The van der Waals surface area contributed by atoms with Gasteiger partial charge in [0, 0.05) is 38.0 Å². The number of nitrogens with one attached hydrogen (secondary N) is 1. The normalized spacial score (nSPS) is 17.1. The maximum absolute atomic E-state index is 13.4. The van der Waals surface area contributed by atoms with E-state index in [2.05, 4.69) is 19.2 Å². The van der Waals surface area contributed by atoms with E-state index in [0.29, 0.717) is 10.8 Å². The Balaban J connectivity index is 1.79. The third kappa shape index (κ3) is 6.02. The van der Waals surface area contributed by atoms with Crippen molar-refractivity contribution in [3.8, 4) is 0 Å². The number of benzene rings is 1. The van der Waals surface area contributed by atoms with Crippen molar-refractivity contribution in [2.75, 3.05) is 19.6 Å². The molecule has 0 aliphatic carbocycles. The molecule has 1 aliphatic heterocycles. The fourth-order valence-electron chi connectivity index (χ4n) is 3.74. The molecule has 1 fully saturated rings. The van der Waals surface area contributed by atoms with Gasteiger partial charge in [-0.1, -0.05) is 38.1 Å². The maximum atomic E-state index is 13.4. The predicted molar refractivity (Wildman–Crippen MR) is 128 cm³/mol. The van der Waals surface area contributed by atoms with Gasteiger partial charge >= 0.3 is 5.97 Å². The molecule has 2 amide bonds. The number of rotatable bonds is 8. The minimum absolute atomic E-state index is 0.0258. The number of carboxylic acid groups (broad SMARTS) is 1. The average molecular weight is 508 g/mol. The topological polar surface area (TPSA) is 124 Å². The number of nitrogens with zero attached hydrogens (tertiary/aromatic N) is 2. The summed E-state index contributed by atoms with van der Waals surface area (Å²) in [5.74, 6) is -1.40. The second-order valence-corrected chi connectivity index (χ2v) is 11.8. The Bertz CT molecular complexity index is 1160. The molecule has 1 saturated heterocycles. The molecule has 0 saturated carbocycles. The summed E-state index contributed by atoms with van der Waals surface area (Å²) in [7, 11) is -4.06. The zero-order chi connectivity index (χ0) is 25.0. The molecule has 1 aromatic carbocycles. The van der Waals surface area contributed by atoms with Crippen LogP contribution in [0.1, 0.15) is 42.7 Å². The van der Waals surface area contributed by atoms with E-state index >= 15 is 0 Å². The van der Waals surface area contributed by atoms with Crippen LogP contribution in [0.15, 0.2) is 40.6 Å². The van der Waals surface area contributed by atoms with Crippen molar-refractivity contribution in [1.29, 1.82) is 0 Å². The van der Waals surface area contributed by atoms with Crippen LogP contribution in [0.3, 0.4) is 0 Å². The summed E-state index contributed by atoms with van der Waals surface area (Å²) in [6.45, 7) is 5.87. The number of carbonyl (C=O) groups excluding carboxylic acids is 2. The number of carbonyl (C=O) groups is 3. The first-order chi connectivity index (χ1) is 16.0. The van der Waals surface area contributed by atoms with Crippen LogP contribution in [0, 0.1) is 0 Å². The molecule has 11 heteroatoms. The zero-order valence-electron chi connectivity index (χ0n) is 19.4. The molecule has 0 spiro atoms. The first-order valence-electron chi connectivity index (χ1n) is 10.9. The number of piperazine rings is 1. The van der Waals surface area contributed by atoms with E-state index < -0.39 is 27.9 Å². The summed E-state index contributed by atoms with van der Waals surface area (Å²) in [6, 6.07) is 9.56. The van der Waals surface area contributed by atoms with Crippen LogP contribution < -0.4 is 5.32 Å². The third-order valence-electron chi connectivity index (χ3n) is 5.72. The number of thiophene rings is 1. The van der Waals surface area contributed by atoms with Crippen molar-refractivity contribution in [1.82, 2.24) is 14.5 Å². The van der Waals surface area contributed by atoms with Crippen LogP contribution in [0.4, 0.5) is 0 Å². The first-order valence-corrected chi connectivity index (χ1v) is 13.2. The fourth-order valence-corrected chi connectivity index (χ4v) is 6.78. The Labute approximate surface area is 203 Å². The summed E-state index contributed by atoms with van der Waals surface area (Å²) in [5.41, 5.74) is 2.05. The number of hydrogen-bond donors (Lipinski definition) is 2. The van der Waals surface area contributed by atoms with Crippen LogP contribution in [-0.2, 0) is 37.4 Å². The van der Waals surface area contributed by atoms with Gasteiger partial charge in [-0.2, -0.15) is 4.31 Å². The minimum atomic E-state index is -4.06. The molecule has 1 atom stereocenters. The Morgan fingerprint density at radius 1 is 1.12 bits per heavy atom. The summed E-state index contributed by atoms with van der Waals surface area (Å²) in [4.78, 5) is 37.9. The highest BCUT2D eigenvalue weighted by atomic mass is 32.2. The zero-order valence-corrected chi connectivity index (χ0v) is 21.0.